The van der Waals surface area contributed by atoms with Gasteiger partial charge in [-0.15, -0.1) is 0 Å². The quantitative estimate of drug-likeness (QED) is 0.837. The summed E-state index contributed by atoms with van der Waals surface area (Å²) in [6.45, 7) is 6.29. The molecule has 2 rings (SSSR count). The van der Waals surface area contributed by atoms with E-state index in [1.807, 2.05) is 38.1 Å². The number of Topliss-reactive ketones (excluding diaryl/α,β-unsaturated/α-hetero) is 1. The number of ketones is 1. The number of rotatable bonds is 6. The summed E-state index contributed by atoms with van der Waals surface area (Å²) < 4.78 is 5.37. The van der Waals surface area contributed by atoms with Crippen LogP contribution in [0.3, 0.4) is 0 Å². The molecule has 0 saturated carbocycles. The predicted octanol–water partition coefficient (Wildman–Crippen LogP) is 2.36. The molecule has 0 amide bonds. The van der Waals surface area contributed by atoms with Gasteiger partial charge in [-0.3, -0.25) is 4.79 Å². The van der Waals surface area contributed by atoms with Crippen molar-refractivity contribution in [2.24, 2.45) is 17.6 Å². The zero-order chi connectivity index (χ0) is 14.5. The Kier molecular flexibility index (Phi) is 5.15. The maximum atomic E-state index is 12.1. The van der Waals surface area contributed by atoms with Crippen molar-refractivity contribution in [2.45, 2.75) is 26.3 Å². The highest BCUT2D eigenvalue weighted by molar-refractivity contribution is 5.88. The summed E-state index contributed by atoms with van der Waals surface area (Å²) in [7, 11) is 0. The van der Waals surface area contributed by atoms with Crippen LogP contribution in [0, 0.1) is 11.8 Å². The third-order valence-corrected chi connectivity index (χ3v) is 3.78. The number of nitrogens with one attached hydrogen (secondary N) is 1. The van der Waals surface area contributed by atoms with Crippen molar-refractivity contribution in [3.63, 3.8) is 0 Å². The SMILES string of the molecule is CC(C)C(=O)C(N)c1ccccc1NCC1CCOC1. The van der Waals surface area contributed by atoms with Crippen LogP contribution in [-0.4, -0.2) is 25.5 Å². The van der Waals surface area contributed by atoms with Crippen molar-refractivity contribution in [1.82, 2.24) is 0 Å². The molecule has 0 bridgehead atoms. The van der Waals surface area contributed by atoms with Crippen LogP contribution in [0.1, 0.15) is 31.9 Å². The second-order valence-corrected chi connectivity index (χ2v) is 5.73. The third kappa shape index (κ3) is 3.58. The minimum atomic E-state index is -0.557. The number of benzene rings is 1. The van der Waals surface area contributed by atoms with Gasteiger partial charge in [-0.05, 0) is 18.1 Å². The van der Waals surface area contributed by atoms with Gasteiger partial charge in [0.1, 0.15) is 0 Å². The Bertz CT molecular complexity index is 454. The fourth-order valence-electron chi connectivity index (χ4n) is 2.44. The first-order valence-electron chi connectivity index (χ1n) is 7.29. The first kappa shape index (κ1) is 15.0. The molecule has 4 nitrogen and oxygen atoms in total. The van der Waals surface area contributed by atoms with Gasteiger partial charge in [0.2, 0.25) is 0 Å². The average Bonchev–Trinajstić information content (AvgIpc) is 2.97. The number of hydrogen-bond donors (Lipinski definition) is 2. The molecule has 1 aliphatic heterocycles. The van der Waals surface area contributed by atoms with Gasteiger partial charge in [-0.1, -0.05) is 32.0 Å². The number of anilines is 1. The molecule has 110 valence electrons. The summed E-state index contributed by atoms with van der Waals surface area (Å²) in [6, 6.07) is 7.24. The first-order chi connectivity index (χ1) is 9.59. The first-order valence-corrected chi connectivity index (χ1v) is 7.29. The molecule has 0 radical (unpaired) electrons. The predicted molar refractivity (Wildman–Crippen MR) is 80.6 cm³/mol. The molecule has 20 heavy (non-hydrogen) atoms. The van der Waals surface area contributed by atoms with E-state index in [0.717, 1.165) is 37.4 Å². The molecule has 1 heterocycles. The van der Waals surface area contributed by atoms with Crippen molar-refractivity contribution < 1.29 is 9.53 Å². The largest absolute Gasteiger partial charge is 0.384 e. The third-order valence-electron chi connectivity index (χ3n) is 3.78. The number of ether oxygens (including phenoxy) is 1. The van der Waals surface area contributed by atoms with Crippen molar-refractivity contribution >= 4 is 11.5 Å². The van der Waals surface area contributed by atoms with E-state index in [1.165, 1.54) is 0 Å². The Morgan fingerprint density at radius 2 is 2.20 bits per heavy atom. The highest BCUT2D eigenvalue weighted by Crippen LogP contribution is 2.24. The van der Waals surface area contributed by atoms with Gasteiger partial charge in [0, 0.05) is 30.7 Å². The van der Waals surface area contributed by atoms with Crippen LogP contribution in [-0.2, 0) is 9.53 Å². The summed E-state index contributed by atoms with van der Waals surface area (Å²) in [5.41, 5.74) is 7.95. The molecule has 1 aromatic carbocycles. The van der Waals surface area contributed by atoms with Crippen molar-refractivity contribution in [1.29, 1.82) is 0 Å². The van der Waals surface area contributed by atoms with Crippen LogP contribution in [0.2, 0.25) is 0 Å². The Balaban J connectivity index is 2.06. The van der Waals surface area contributed by atoms with Gasteiger partial charge in [0.05, 0.1) is 12.6 Å². The Labute approximate surface area is 120 Å². The average molecular weight is 276 g/mol. The molecule has 0 aliphatic carbocycles. The number of carbonyl (C=O) groups excluding carboxylic acids is 1. The summed E-state index contributed by atoms with van der Waals surface area (Å²) in [5, 5.41) is 3.42. The fraction of sp³-hybridized carbons (Fsp3) is 0.562. The van der Waals surface area contributed by atoms with Crippen molar-refractivity contribution in [3.05, 3.63) is 29.8 Å². The highest BCUT2D eigenvalue weighted by atomic mass is 16.5. The van der Waals surface area contributed by atoms with Gasteiger partial charge in [-0.25, -0.2) is 0 Å². The lowest BCUT2D eigenvalue weighted by Crippen LogP contribution is -2.26. The second kappa shape index (κ2) is 6.86. The van der Waals surface area contributed by atoms with E-state index < -0.39 is 6.04 Å². The standard InChI is InChI=1S/C16H24N2O2/c1-11(2)16(19)15(17)13-5-3-4-6-14(13)18-9-12-7-8-20-10-12/h3-6,11-12,15,18H,7-10,17H2,1-2H3. The molecule has 1 saturated heterocycles. The van der Waals surface area contributed by atoms with Crippen LogP contribution in [0.4, 0.5) is 5.69 Å². The van der Waals surface area contributed by atoms with Gasteiger partial charge in [0.15, 0.2) is 5.78 Å². The lowest BCUT2D eigenvalue weighted by Gasteiger charge is -2.19. The van der Waals surface area contributed by atoms with E-state index >= 15 is 0 Å². The smallest absolute Gasteiger partial charge is 0.156 e. The number of carbonyl (C=O) groups is 1. The zero-order valence-electron chi connectivity index (χ0n) is 12.3. The molecule has 0 aromatic heterocycles. The van der Waals surface area contributed by atoms with Crippen molar-refractivity contribution in [3.8, 4) is 0 Å². The van der Waals surface area contributed by atoms with Gasteiger partial charge in [-0.2, -0.15) is 0 Å². The molecule has 0 spiro atoms. The second-order valence-electron chi connectivity index (χ2n) is 5.73. The lowest BCUT2D eigenvalue weighted by atomic mass is 9.95. The van der Waals surface area contributed by atoms with E-state index in [-0.39, 0.29) is 11.7 Å². The van der Waals surface area contributed by atoms with Gasteiger partial charge >= 0.3 is 0 Å². The fourth-order valence-corrected chi connectivity index (χ4v) is 2.44. The maximum Gasteiger partial charge on any atom is 0.156 e. The summed E-state index contributed by atoms with van der Waals surface area (Å²) in [4.78, 5) is 12.1. The Hall–Kier alpha value is -1.39. The molecule has 1 aromatic rings. The molecule has 1 aliphatic rings. The van der Waals surface area contributed by atoms with E-state index in [0.29, 0.717) is 5.92 Å². The van der Waals surface area contributed by atoms with E-state index in [4.69, 9.17) is 10.5 Å². The number of hydrogen-bond acceptors (Lipinski definition) is 4. The number of para-hydroxylation sites is 1. The Morgan fingerprint density at radius 3 is 2.85 bits per heavy atom. The lowest BCUT2D eigenvalue weighted by molar-refractivity contribution is -0.123. The molecular formula is C16H24N2O2. The van der Waals surface area contributed by atoms with Gasteiger partial charge in [0.25, 0.3) is 0 Å². The molecule has 1 fully saturated rings. The normalized spacial score (nSPS) is 20.1. The summed E-state index contributed by atoms with van der Waals surface area (Å²) in [5.74, 6) is 0.560. The van der Waals surface area contributed by atoms with Crippen LogP contribution >= 0.6 is 0 Å². The van der Waals surface area contributed by atoms with Crippen LogP contribution < -0.4 is 11.1 Å². The highest BCUT2D eigenvalue weighted by Gasteiger charge is 2.22. The summed E-state index contributed by atoms with van der Waals surface area (Å²) >= 11 is 0. The molecule has 2 unspecified atom stereocenters. The molecule has 4 heteroatoms. The number of nitrogens with two attached hydrogens (primary N) is 1. The van der Waals surface area contributed by atoms with E-state index in [1.54, 1.807) is 0 Å². The zero-order valence-corrected chi connectivity index (χ0v) is 12.3. The van der Waals surface area contributed by atoms with E-state index in [9.17, 15) is 4.79 Å². The maximum absolute atomic E-state index is 12.1. The summed E-state index contributed by atoms with van der Waals surface area (Å²) in [6.07, 6.45) is 1.09. The molecular weight excluding hydrogens is 252 g/mol. The minimum Gasteiger partial charge on any atom is -0.384 e. The van der Waals surface area contributed by atoms with Crippen LogP contribution in [0.25, 0.3) is 0 Å². The van der Waals surface area contributed by atoms with Crippen molar-refractivity contribution in [2.75, 3.05) is 25.1 Å². The van der Waals surface area contributed by atoms with Crippen LogP contribution in [0.15, 0.2) is 24.3 Å². The topological polar surface area (TPSA) is 64.4 Å². The molecule has 2 atom stereocenters. The Morgan fingerprint density at radius 1 is 1.45 bits per heavy atom. The molecule has 3 N–H and O–H groups in total. The van der Waals surface area contributed by atoms with Gasteiger partial charge < -0.3 is 15.8 Å². The van der Waals surface area contributed by atoms with Crippen LogP contribution in [0.5, 0.6) is 0 Å². The van der Waals surface area contributed by atoms with E-state index in [2.05, 4.69) is 5.32 Å². The monoisotopic (exact) mass is 276 g/mol. The minimum absolute atomic E-state index is 0.0544.